The van der Waals surface area contributed by atoms with Crippen molar-refractivity contribution in [2.75, 3.05) is 0 Å². The molecule has 0 aliphatic carbocycles. The maximum Gasteiger partial charge on any atom is 0.533 e. The molecule has 1 N–H and O–H groups in total. The Morgan fingerprint density at radius 2 is 1.25 bits per heavy atom. The summed E-state index contributed by atoms with van der Waals surface area (Å²) in [6, 6.07) is 6.67. The SMILES string of the molecule is CCCCCCCC/C=C\CCCCCCCC(=O)N[C@@H](Cc1ccc(C)cc1)C(=O)OP(=O)(OC(C)(C)C)OC(C)(C)C. The smallest absolute Gasteiger partial charge is 0.369 e. The number of phosphoric ester groups is 1. The molecule has 0 radical (unpaired) electrons. The third-order valence-electron chi connectivity index (χ3n) is 6.82. The van der Waals surface area contributed by atoms with Crippen LogP contribution in [0.5, 0.6) is 0 Å². The van der Waals surface area contributed by atoms with E-state index in [0.717, 1.165) is 49.7 Å². The first-order chi connectivity index (χ1) is 20.6. The monoisotopic (exact) mass is 635 g/mol. The zero-order valence-electron chi connectivity index (χ0n) is 29.0. The van der Waals surface area contributed by atoms with Gasteiger partial charge in [0.15, 0.2) is 0 Å². The van der Waals surface area contributed by atoms with Crippen molar-refractivity contribution in [2.24, 2.45) is 0 Å². The van der Waals surface area contributed by atoms with E-state index in [4.69, 9.17) is 13.6 Å². The molecule has 1 atom stereocenters. The zero-order chi connectivity index (χ0) is 33.1. The van der Waals surface area contributed by atoms with Crippen molar-refractivity contribution < 1.29 is 27.7 Å². The van der Waals surface area contributed by atoms with Gasteiger partial charge in [0.05, 0.1) is 11.2 Å². The van der Waals surface area contributed by atoms with E-state index in [0.29, 0.717) is 6.42 Å². The number of aryl methyl sites for hydroxylation is 1. The standard InChI is InChI=1S/C36H62NO6P/c1-9-10-11-12-13-14-15-16-17-18-19-20-21-22-23-24-33(38)37-32(29-31-27-25-30(2)26-28-31)34(39)41-44(40,42-35(3,4)5)43-36(6,7)8/h16-17,25-28,32H,9-15,18-24,29H2,1-8H3,(H,37,38)/b17-16-/t32-/m0/s1. The van der Waals surface area contributed by atoms with Gasteiger partial charge in [-0.15, -0.1) is 0 Å². The van der Waals surface area contributed by atoms with Gasteiger partial charge in [0.2, 0.25) is 5.91 Å². The van der Waals surface area contributed by atoms with E-state index >= 15 is 0 Å². The molecule has 0 heterocycles. The Bertz CT molecular complexity index is 1000. The molecule has 8 heteroatoms. The normalized spacial score (nSPS) is 13.3. The molecule has 1 amide bonds. The lowest BCUT2D eigenvalue weighted by Crippen LogP contribution is -2.43. The van der Waals surface area contributed by atoms with Crippen LogP contribution < -0.4 is 5.32 Å². The topological polar surface area (TPSA) is 90.9 Å². The molecule has 7 nitrogen and oxygen atoms in total. The summed E-state index contributed by atoms with van der Waals surface area (Å²) in [4.78, 5) is 26.3. The number of nitrogens with one attached hydrogen (secondary N) is 1. The maximum atomic E-state index is 13.6. The largest absolute Gasteiger partial charge is 0.533 e. The molecule has 0 saturated heterocycles. The van der Waals surface area contributed by atoms with Crippen LogP contribution in [0.15, 0.2) is 36.4 Å². The van der Waals surface area contributed by atoms with Crippen LogP contribution in [0.3, 0.4) is 0 Å². The quantitative estimate of drug-likeness (QED) is 0.0774. The average Bonchev–Trinajstić information content (AvgIpc) is 2.89. The molecule has 0 unspecified atom stereocenters. The van der Waals surface area contributed by atoms with Crippen molar-refractivity contribution in [3.8, 4) is 0 Å². The summed E-state index contributed by atoms with van der Waals surface area (Å²) < 4.78 is 30.3. The molecule has 1 aromatic carbocycles. The van der Waals surface area contributed by atoms with Crippen LogP contribution in [0, 0.1) is 6.92 Å². The second kappa shape index (κ2) is 21.0. The molecule has 0 spiro atoms. The van der Waals surface area contributed by atoms with E-state index in [-0.39, 0.29) is 12.3 Å². The van der Waals surface area contributed by atoms with E-state index in [1.807, 2.05) is 31.2 Å². The average molecular weight is 636 g/mol. The molecular weight excluding hydrogens is 573 g/mol. The van der Waals surface area contributed by atoms with Gasteiger partial charge in [-0.1, -0.05) is 100 Å². The van der Waals surface area contributed by atoms with Crippen molar-refractivity contribution in [3.63, 3.8) is 0 Å². The Morgan fingerprint density at radius 1 is 0.773 bits per heavy atom. The van der Waals surface area contributed by atoms with Crippen LogP contribution in [-0.4, -0.2) is 29.1 Å². The van der Waals surface area contributed by atoms with Gasteiger partial charge in [-0.2, -0.15) is 0 Å². The first-order valence-electron chi connectivity index (χ1n) is 16.9. The number of hydrogen-bond donors (Lipinski definition) is 1. The molecule has 1 rings (SSSR count). The third kappa shape index (κ3) is 20.9. The molecule has 44 heavy (non-hydrogen) atoms. The lowest BCUT2D eigenvalue weighted by molar-refractivity contribution is -0.142. The number of hydrogen-bond acceptors (Lipinski definition) is 6. The molecule has 0 bridgehead atoms. The van der Waals surface area contributed by atoms with Crippen molar-refractivity contribution in [3.05, 3.63) is 47.5 Å². The number of allylic oxidation sites excluding steroid dienone is 2. The Labute approximate surface area is 268 Å². The third-order valence-corrected chi connectivity index (χ3v) is 8.77. The van der Waals surface area contributed by atoms with Gasteiger partial charge in [0, 0.05) is 12.8 Å². The summed E-state index contributed by atoms with van der Waals surface area (Å²) >= 11 is 0. The van der Waals surface area contributed by atoms with Crippen LogP contribution in [0.25, 0.3) is 0 Å². The second-order valence-corrected chi connectivity index (χ2v) is 15.4. The summed E-state index contributed by atoms with van der Waals surface area (Å²) in [7, 11) is -4.29. The van der Waals surface area contributed by atoms with Crippen LogP contribution in [0.4, 0.5) is 0 Å². The molecule has 252 valence electrons. The van der Waals surface area contributed by atoms with Gasteiger partial charge in [-0.25, -0.2) is 9.36 Å². The summed E-state index contributed by atoms with van der Waals surface area (Å²) in [6.45, 7) is 14.5. The number of amides is 1. The van der Waals surface area contributed by atoms with Gasteiger partial charge in [-0.05, 0) is 86.1 Å². The summed E-state index contributed by atoms with van der Waals surface area (Å²) in [6.07, 6.45) is 20.5. The predicted molar refractivity (Wildman–Crippen MR) is 182 cm³/mol. The number of carbonyl (C=O) groups is 2. The van der Waals surface area contributed by atoms with Crippen LogP contribution in [0.2, 0.25) is 0 Å². The maximum absolute atomic E-state index is 13.6. The van der Waals surface area contributed by atoms with Crippen molar-refractivity contribution >= 4 is 19.7 Å². The van der Waals surface area contributed by atoms with Gasteiger partial charge < -0.3 is 9.84 Å². The molecule has 0 aliphatic rings. The Hall–Kier alpha value is -1.95. The highest BCUT2D eigenvalue weighted by atomic mass is 31.2. The number of benzene rings is 1. The van der Waals surface area contributed by atoms with Crippen molar-refractivity contribution in [2.45, 2.75) is 169 Å². The van der Waals surface area contributed by atoms with Gasteiger partial charge in [-0.3, -0.25) is 13.8 Å². The fraction of sp³-hybridized carbons (Fsp3) is 0.722. The highest BCUT2D eigenvalue weighted by molar-refractivity contribution is 7.49. The van der Waals surface area contributed by atoms with E-state index < -0.39 is 31.0 Å². The summed E-state index contributed by atoms with van der Waals surface area (Å²) in [5, 5.41) is 2.82. The molecule has 0 saturated carbocycles. The highest BCUT2D eigenvalue weighted by Gasteiger charge is 2.42. The van der Waals surface area contributed by atoms with E-state index in [2.05, 4.69) is 24.4 Å². The van der Waals surface area contributed by atoms with Crippen LogP contribution >= 0.6 is 7.82 Å². The number of rotatable bonds is 22. The zero-order valence-corrected chi connectivity index (χ0v) is 29.9. The number of phosphoric acid groups is 1. The predicted octanol–water partition coefficient (Wildman–Crippen LogP) is 10.3. The molecular formula is C36H62NO6P. The fourth-order valence-electron chi connectivity index (χ4n) is 4.68. The van der Waals surface area contributed by atoms with Crippen LogP contribution in [-0.2, 0) is 34.1 Å². The van der Waals surface area contributed by atoms with Gasteiger partial charge in [0.1, 0.15) is 6.04 Å². The molecule has 1 aromatic rings. The Kier molecular flexibility index (Phi) is 19.1. The van der Waals surface area contributed by atoms with Gasteiger partial charge >= 0.3 is 13.8 Å². The Morgan fingerprint density at radius 3 is 1.75 bits per heavy atom. The van der Waals surface area contributed by atoms with E-state index in [1.54, 1.807) is 41.5 Å². The molecule has 0 fully saturated rings. The van der Waals surface area contributed by atoms with Crippen molar-refractivity contribution in [1.82, 2.24) is 5.32 Å². The second-order valence-electron chi connectivity index (χ2n) is 13.9. The minimum absolute atomic E-state index is 0.197. The first-order valence-corrected chi connectivity index (χ1v) is 18.3. The highest BCUT2D eigenvalue weighted by Crippen LogP contribution is 2.55. The lowest BCUT2D eigenvalue weighted by atomic mass is 10.0. The minimum atomic E-state index is -4.29. The number of unbranched alkanes of at least 4 members (excludes halogenated alkanes) is 11. The number of carbonyl (C=O) groups excluding carboxylic acids is 2. The minimum Gasteiger partial charge on any atom is -0.369 e. The summed E-state index contributed by atoms with van der Waals surface area (Å²) in [5.41, 5.74) is 0.159. The lowest BCUT2D eigenvalue weighted by Gasteiger charge is -2.31. The fourth-order valence-corrected chi connectivity index (χ4v) is 6.48. The molecule has 0 aromatic heterocycles. The first kappa shape index (κ1) is 40.1. The Balaban J connectivity index is 2.59. The van der Waals surface area contributed by atoms with Gasteiger partial charge in [0.25, 0.3) is 0 Å². The van der Waals surface area contributed by atoms with E-state index in [1.165, 1.54) is 44.9 Å². The summed E-state index contributed by atoms with van der Waals surface area (Å²) in [5.74, 6) is -1.08. The van der Waals surface area contributed by atoms with Crippen molar-refractivity contribution in [1.29, 1.82) is 0 Å². The molecule has 0 aliphatic heterocycles. The van der Waals surface area contributed by atoms with E-state index in [9.17, 15) is 14.2 Å². The van der Waals surface area contributed by atoms with Crippen LogP contribution in [0.1, 0.15) is 149 Å².